The Morgan fingerprint density at radius 3 is 2.65 bits per heavy atom. The summed E-state index contributed by atoms with van der Waals surface area (Å²) in [6.07, 6.45) is 3.54. The number of aromatic nitrogens is 1. The number of rotatable bonds is 4. The quantitative estimate of drug-likeness (QED) is 0.678. The first-order valence-corrected chi connectivity index (χ1v) is 6.41. The normalized spacial score (nSPS) is 11.9. The average molecular weight is 271 g/mol. The number of pyridine rings is 1. The smallest absolute Gasteiger partial charge is 0.272 e. The van der Waals surface area contributed by atoms with Gasteiger partial charge in [-0.15, -0.1) is 0 Å². The van der Waals surface area contributed by atoms with Crippen molar-refractivity contribution in [2.24, 2.45) is 0 Å². The van der Waals surface area contributed by atoms with Gasteiger partial charge in [0.2, 0.25) is 0 Å². The first-order valence-electron chi connectivity index (χ1n) is 6.41. The summed E-state index contributed by atoms with van der Waals surface area (Å²) in [6.45, 7) is 5.65. The Labute approximate surface area is 117 Å². The molecule has 0 aliphatic carbocycles. The molecule has 0 fully saturated rings. The van der Waals surface area contributed by atoms with Gasteiger partial charge in [0.1, 0.15) is 0 Å². The molecule has 1 N–H and O–H groups in total. The maximum Gasteiger partial charge on any atom is 0.272 e. The second kappa shape index (κ2) is 5.69. The van der Waals surface area contributed by atoms with Crippen LogP contribution < -0.4 is 5.32 Å². The van der Waals surface area contributed by atoms with Gasteiger partial charge >= 0.3 is 0 Å². The molecule has 1 aromatic carbocycles. The first-order chi connectivity index (χ1) is 9.49. The summed E-state index contributed by atoms with van der Waals surface area (Å²) in [5.74, 6) is 0. The Morgan fingerprint density at radius 2 is 2.05 bits per heavy atom. The number of anilines is 1. The zero-order chi connectivity index (χ0) is 14.7. The number of nitro groups is 1. The molecule has 1 unspecified atom stereocenters. The molecule has 5 nitrogen and oxygen atoms in total. The largest absolute Gasteiger partial charge is 0.378 e. The Kier molecular flexibility index (Phi) is 3.98. The number of aryl methyl sites for hydroxylation is 2. The molecule has 5 heteroatoms. The van der Waals surface area contributed by atoms with E-state index in [1.165, 1.54) is 0 Å². The van der Waals surface area contributed by atoms with Crippen molar-refractivity contribution in [2.45, 2.75) is 26.8 Å². The van der Waals surface area contributed by atoms with E-state index in [2.05, 4.69) is 10.3 Å². The molecule has 0 bridgehead atoms. The van der Waals surface area contributed by atoms with E-state index in [1.807, 2.05) is 38.2 Å². The van der Waals surface area contributed by atoms with Gasteiger partial charge in [0.05, 0.1) is 11.0 Å². The van der Waals surface area contributed by atoms with Gasteiger partial charge in [-0.25, -0.2) is 0 Å². The van der Waals surface area contributed by atoms with Crippen molar-refractivity contribution in [1.82, 2.24) is 4.98 Å². The van der Waals surface area contributed by atoms with Gasteiger partial charge in [0.25, 0.3) is 5.69 Å². The lowest BCUT2D eigenvalue weighted by Crippen LogP contribution is -2.08. The zero-order valence-corrected chi connectivity index (χ0v) is 11.8. The predicted molar refractivity (Wildman–Crippen MR) is 78.8 cm³/mol. The van der Waals surface area contributed by atoms with Crippen LogP contribution in [0.25, 0.3) is 0 Å². The number of hydrogen-bond acceptors (Lipinski definition) is 4. The minimum absolute atomic E-state index is 0.0863. The summed E-state index contributed by atoms with van der Waals surface area (Å²) in [5.41, 5.74) is 3.65. The third kappa shape index (κ3) is 2.93. The van der Waals surface area contributed by atoms with E-state index in [-0.39, 0.29) is 16.7 Å². The molecule has 20 heavy (non-hydrogen) atoms. The summed E-state index contributed by atoms with van der Waals surface area (Å²) in [6, 6.07) is 7.40. The molecule has 0 saturated carbocycles. The molecule has 0 spiro atoms. The van der Waals surface area contributed by atoms with Gasteiger partial charge in [-0.3, -0.25) is 15.1 Å². The van der Waals surface area contributed by atoms with Gasteiger partial charge in [-0.1, -0.05) is 6.07 Å². The highest BCUT2D eigenvalue weighted by Gasteiger charge is 2.14. The molecule has 1 atom stereocenters. The van der Waals surface area contributed by atoms with Crippen molar-refractivity contribution >= 4 is 11.4 Å². The second-order valence-corrected chi connectivity index (χ2v) is 4.86. The predicted octanol–water partition coefficient (Wildman–Crippen LogP) is 3.78. The molecule has 0 amide bonds. The van der Waals surface area contributed by atoms with E-state index >= 15 is 0 Å². The number of nitrogens with zero attached hydrogens (tertiary/aromatic N) is 2. The van der Waals surface area contributed by atoms with Crippen molar-refractivity contribution < 1.29 is 4.92 Å². The lowest BCUT2D eigenvalue weighted by Gasteiger charge is -2.17. The van der Waals surface area contributed by atoms with Gasteiger partial charge in [-0.05, 0) is 44.0 Å². The Morgan fingerprint density at radius 1 is 1.30 bits per heavy atom. The fraction of sp³-hybridized carbons (Fsp3) is 0.267. The van der Waals surface area contributed by atoms with E-state index in [9.17, 15) is 10.1 Å². The molecular weight excluding hydrogens is 254 g/mol. The van der Waals surface area contributed by atoms with Crippen LogP contribution in [-0.2, 0) is 0 Å². The summed E-state index contributed by atoms with van der Waals surface area (Å²) >= 11 is 0. The van der Waals surface area contributed by atoms with Gasteiger partial charge in [0, 0.05) is 29.7 Å². The van der Waals surface area contributed by atoms with Crippen molar-refractivity contribution in [3.8, 4) is 0 Å². The van der Waals surface area contributed by atoms with E-state index in [4.69, 9.17) is 0 Å². The van der Waals surface area contributed by atoms with Crippen LogP contribution in [-0.4, -0.2) is 9.91 Å². The topological polar surface area (TPSA) is 68.1 Å². The standard InChI is InChI=1S/C15H17N3O2/c1-10-8-15(18(19)20)11(2)7-14(10)17-12(3)13-5-4-6-16-9-13/h4-9,12,17H,1-3H3. The second-order valence-electron chi connectivity index (χ2n) is 4.86. The Hall–Kier alpha value is -2.43. The van der Waals surface area contributed by atoms with E-state index in [0.717, 1.165) is 16.8 Å². The number of benzene rings is 1. The van der Waals surface area contributed by atoms with Gasteiger partial charge < -0.3 is 5.32 Å². The maximum atomic E-state index is 10.9. The SMILES string of the molecule is Cc1cc([N+](=O)[O-])c(C)cc1NC(C)c1cccnc1. The number of nitro benzene ring substituents is 1. The molecule has 0 saturated heterocycles. The molecule has 2 aromatic rings. The molecule has 1 heterocycles. The van der Waals surface area contributed by atoms with Crippen LogP contribution in [0, 0.1) is 24.0 Å². The number of nitrogens with one attached hydrogen (secondary N) is 1. The Bertz CT molecular complexity index is 627. The maximum absolute atomic E-state index is 10.9. The fourth-order valence-corrected chi connectivity index (χ4v) is 2.10. The van der Waals surface area contributed by atoms with Gasteiger partial charge in [-0.2, -0.15) is 0 Å². The van der Waals surface area contributed by atoms with Crippen molar-refractivity contribution in [2.75, 3.05) is 5.32 Å². The van der Waals surface area contributed by atoms with Gasteiger partial charge in [0.15, 0.2) is 0 Å². The highest BCUT2D eigenvalue weighted by atomic mass is 16.6. The van der Waals surface area contributed by atoms with Crippen LogP contribution in [0.5, 0.6) is 0 Å². The molecule has 2 rings (SSSR count). The van der Waals surface area contributed by atoms with Crippen LogP contribution in [0.3, 0.4) is 0 Å². The van der Waals surface area contributed by atoms with Crippen LogP contribution in [0.15, 0.2) is 36.7 Å². The van der Waals surface area contributed by atoms with Crippen molar-refractivity contribution in [3.63, 3.8) is 0 Å². The Balaban J connectivity index is 2.26. The van der Waals surface area contributed by atoms with Crippen LogP contribution >= 0.6 is 0 Å². The third-order valence-electron chi connectivity index (χ3n) is 3.30. The van der Waals surface area contributed by atoms with Crippen molar-refractivity contribution in [1.29, 1.82) is 0 Å². The molecule has 1 aromatic heterocycles. The third-order valence-corrected chi connectivity index (χ3v) is 3.30. The lowest BCUT2D eigenvalue weighted by atomic mass is 10.1. The van der Waals surface area contributed by atoms with E-state index < -0.39 is 0 Å². The van der Waals surface area contributed by atoms with E-state index in [0.29, 0.717) is 5.56 Å². The highest BCUT2D eigenvalue weighted by molar-refractivity contribution is 5.60. The minimum Gasteiger partial charge on any atom is -0.378 e. The molecule has 0 radical (unpaired) electrons. The van der Waals surface area contributed by atoms with Crippen LogP contribution in [0.2, 0.25) is 0 Å². The molecule has 0 aliphatic heterocycles. The van der Waals surface area contributed by atoms with E-state index in [1.54, 1.807) is 19.2 Å². The monoisotopic (exact) mass is 271 g/mol. The minimum atomic E-state index is -0.351. The lowest BCUT2D eigenvalue weighted by molar-refractivity contribution is -0.385. The molecule has 0 aliphatic rings. The zero-order valence-electron chi connectivity index (χ0n) is 11.8. The molecule has 104 valence electrons. The van der Waals surface area contributed by atoms with Crippen LogP contribution in [0.4, 0.5) is 11.4 Å². The van der Waals surface area contributed by atoms with Crippen molar-refractivity contribution in [3.05, 3.63) is 63.5 Å². The fourth-order valence-electron chi connectivity index (χ4n) is 2.10. The summed E-state index contributed by atoms with van der Waals surface area (Å²) in [5, 5.41) is 14.3. The summed E-state index contributed by atoms with van der Waals surface area (Å²) < 4.78 is 0. The molecular formula is C15H17N3O2. The average Bonchev–Trinajstić information content (AvgIpc) is 2.43. The first kappa shape index (κ1) is 14.0. The summed E-state index contributed by atoms with van der Waals surface area (Å²) in [4.78, 5) is 14.7. The van der Waals surface area contributed by atoms with Crippen LogP contribution in [0.1, 0.15) is 29.7 Å². The summed E-state index contributed by atoms with van der Waals surface area (Å²) in [7, 11) is 0. The number of hydrogen-bond donors (Lipinski definition) is 1. The highest BCUT2D eigenvalue weighted by Crippen LogP contribution is 2.28.